The summed E-state index contributed by atoms with van der Waals surface area (Å²) in [6, 6.07) is 4.61. The highest BCUT2D eigenvalue weighted by molar-refractivity contribution is 5.94. The van der Waals surface area contributed by atoms with Crippen molar-refractivity contribution >= 4 is 17.8 Å². The topological polar surface area (TPSA) is 265 Å². The number of amides is 1. The molecule has 0 bridgehead atoms. The Morgan fingerprint density at radius 3 is 2.30 bits per heavy atom. The summed E-state index contributed by atoms with van der Waals surface area (Å²) in [6.45, 7) is -2.33. The fraction of sp³-hybridized carbons (Fsp3) is 0.619. The number of carbonyl (C=O) groups excluding carboxylic acids is 1. The van der Waals surface area contributed by atoms with Crippen molar-refractivity contribution < 1.29 is 60.0 Å². The number of nitro groups is 1. The minimum atomic E-state index is -1.75. The summed E-state index contributed by atoms with van der Waals surface area (Å²) in [5.74, 6) is -2.05. The number of hydrazone groups is 1. The fourth-order valence-corrected chi connectivity index (χ4v) is 3.52. The van der Waals surface area contributed by atoms with Gasteiger partial charge in [0.15, 0.2) is 0 Å². The van der Waals surface area contributed by atoms with Crippen LogP contribution in [0.5, 0.6) is 0 Å². The van der Waals surface area contributed by atoms with Crippen molar-refractivity contribution in [2.45, 2.75) is 48.8 Å². The lowest BCUT2D eigenvalue weighted by molar-refractivity contribution is -0.384. The number of hydrogen-bond donors (Lipinski definition) is 9. The van der Waals surface area contributed by atoms with E-state index >= 15 is 0 Å². The zero-order valence-electron chi connectivity index (χ0n) is 19.4. The van der Waals surface area contributed by atoms with Gasteiger partial charge in [-0.1, -0.05) is 0 Å². The van der Waals surface area contributed by atoms with Gasteiger partial charge >= 0.3 is 0 Å². The normalized spacial score (nSPS) is 27.4. The summed E-state index contributed by atoms with van der Waals surface area (Å²) in [5, 5.41) is 93.1. The largest absolute Gasteiger partial charge is 0.394 e. The molecule has 1 aromatic carbocycles. The van der Waals surface area contributed by atoms with Crippen molar-refractivity contribution in [1.82, 2.24) is 5.43 Å². The van der Waals surface area contributed by atoms with Crippen LogP contribution in [0.15, 0.2) is 29.4 Å². The second-order valence-electron chi connectivity index (χ2n) is 8.32. The second-order valence-corrected chi connectivity index (χ2v) is 8.32. The number of nitrogens with one attached hydrogen (secondary N) is 1. The van der Waals surface area contributed by atoms with Crippen LogP contribution in [0.2, 0.25) is 0 Å². The molecule has 0 saturated carbocycles. The molecule has 37 heavy (non-hydrogen) atoms. The van der Waals surface area contributed by atoms with Crippen molar-refractivity contribution in [2.24, 2.45) is 11.0 Å². The van der Waals surface area contributed by atoms with E-state index in [9.17, 15) is 55.8 Å². The Morgan fingerprint density at radius 1 is 1.11 bits per heavy atom. The quantitative estimate of drug-likeness (QED) is 0.0663. The van der Waals surface area contributed by atoms with E-state index in [0.717, 1.165) is 18.3 Å². The van der Waals surface area contributed by atoms with Gasteiger partial charge in [-0.05, 0) is 12.1 Å². The molecule has 1 aromatic rings. The monoisotopic (exact) mass is 533 g/mol. The highest BCUT2D eigenvalue weighted by atomic mass is 16.6. The molecule has 0 spiro atoms. The van der Waals surface area contributed by atoms with Crippen LogP contribution in [-0.4, -0.2) is 133 Å². The predicted molar refractivity (Wildman–Crippen MR) is 122 cm³/mol. The maximum absolute atomic E-state index is 12.1. The van der Waals surface area contributed by atoms with E-state index in [1.807, 2.05) is 0 Å². The number of nitrogens with zero attached hydrogens (tertiary/aromatic N) is 2. The van der Waals surface area contributed by atoms with Crippen molar-refractivity contribution in [2.75, 3.05) is 26.4 Å². The van der Waals surface area contributed by atoms with Gasteiger partial charge in [0, 0.05) is 23.6 Å². The van der Waals surface area contributed by atoms with Crippen molar-refractivity contribution in [3.8, 4) is 0 Å². The molecule has 9 N–H and O–H groups in total. The van der Waals surface area contributed by atoms with Crippen LogP contribution in [0.4, 0.5) is 5.69 Å². The van der Waals surface area contributed by atoms with E-state index < -0.39 is 92.0 Å². The number of non-ortho nitro benzene ring substituents is 1. The van der Waals surface area contributed by atoms with Crippen molar-refractivity contribution in [1.29, 1.82) is 0 Å². The number of benzene rings is 1. The third-order valence-electron chi connectivity index (χ3n) is 5.79. The van der Waals surface area contributed by atoms with Gasteiger partial charge in [0.1, 0.15) is 36.6 Å². The number of aliphatic hydroxyl groups excluding tert-OH is 8. The van der Waals surface area contributed by atoms with Gasteiger partial charge in [0.05, 0.1) is 49.8 Å². The first-order valence-corrected chi connectivity index (χ1v) is 11.1. The number of ether oxygens (including phenoxy) is 2. The lowest BCUT2D eigenvalue weighted by Crippen LogP contribution is -2.59. The molecule has 1 heterocycles. The third kappa shape index (κ3) is 8.17. The molecule has 9 unspecified atom stereocenters. The first-order chi connectivity index (χ1) is 17.5. The number of nitro benzene ring substituents is 1. The van der Waals surface area contributed by atoms with Gasteiger partial charge in [-0.25, -0.2) is 5.43 Å². The molecule has 2 rings (SSSR count). The van der Waals surface area contributed by atoms with Crippen LogP contribution in [0.1, 0.15) is 10.4 Å². The molecule has 1 fully saturated rings. The van der Waals surface area contributed by atoms with E-state index in [4.69, 9.17) is 9.47 Å². The van der Waals surface area contributed by atoms with Crippen LogP contribution in [0.3, 0.4) is 0 Å². The molecule has 0 radical (unpaired) electrons. The molecule has 1 saturated heterocycles. The summed E-state index contributed by atoms with van der Waals surface area (Å²) >= 11 is 0. The SMILES string of the molecule is O=C(NN=CC(O)C(O)C(COCC1OC(CO)C(O)C(O)C1O)C(O)CO)c1ccc([N+](=O)[O-])cc1. The predicted octanol–water partition coefficient (Wildman–Crippen LogP) is -4.14. The molecule has 1 aliphatic rings. The molecule has 16 heteroatoms. The summed E-state index contributed by atoms with van der Waals surface area (Å²) in [7, 11) is 0. The number of rotatable bonds is 13. The Balaban J connectivity index is 1.93. The fourth-order valence-electron chi connectivity index (χ4n) is 3.52. The lowest BCUT2D eigenvalue weighted by Gasteiger charge is -2.40. The Bertz CT molecular complexity index is 900. The average Bonchev–Trinajstić information content (AvgIpc) is 2.89. The molecule has 0 aliphatic carbocycles. The Labute approximate surface area is 210 Å². The van der Waals surface area contributed by atoms with Crippen LogP contribution in [0.25, 0.3) is 0 Å². The smallest absolute Gasteiger partial charge is 0.271 e. The lowest BCUT2D eigenvalue weighted by atomic mass is 9.93. The number of hydrogen-bond acceptors (Lipinski definition) is 14. The van der Waals surface area contributed by atoms with Crippen LogP contribution in [-0.2, 0) is 9.47 Å². The van der Waals surface area contributed by atoms with Gasteiger partial charge in [0.25, 0.3) is 11.6 Å². The zero-order valence-corrected chi connectivity index (χ0v) is 19.4. The van der Waals surface area contributed by atoms with E-state index in [-0.39, 0.29) is 11.3 Å². The summed E-state index contributed by atoms with van der Waals surface area (Å²) in [5.41, 5.74) is 1.88. The van der Waals surface area contributed by atoms with E-state index in [1.54, 1.807) is 0 Å². The minimum absolute atomic E-state index is 0.0351. The molecule has 1 amide bonds. The van der Waals surface area contributed by atoms with Gasteiger partial charge < -0.3 is 50.3 Å². The van der Waals surface area contributed by atoms with Crippen LogP contribution in [0, 0.1) is 16.0 Å². The first-order valence-electron chi connectivity index (χ1n) is 11.1. The van der Waals surface area contributed by atoms with Crippen molar-refractivity contribution in [3.63, 3.8) is 0 Å². The summed E-state index contributed by atoms with van der Waals surface area (Å²) < 4.78 is 10.6. The molecular weight excluding hydrogens is 502 g/mol. The van der Waals surface area contributed by atoms with Gasteiger partial charge in [0.2, 0.25) is 0 Å². The summed E-state index contributed by atoms with van der Waals surface area (Å²) in [6.07, 6.45) is -11.4. The molecule has 16 nitrogen and oxygen atoms in total. The van der Waals surface area contributed by atoms with Crippen LogP contribution >= 0.6 is 0 Å². The van der Waals surface area contributed by atoms with E-state index in [0.29, 0.717) is 0 Å². The highest BCUT2D eigenvalue weighted by Gasteiger charge is 2.43. The molecular formula is C21H31N3O13. The Morgan fingerprint density at radius 2 is 1.73 bits per heavy atom. The van der Waals surface area contributed by atoms with Gasteiger partial charge in [-0.15, -0.1) is 0 Å². The maximum Gasteiger partial charge on any atom is 0.271 e. The van der Waals surface area contributed by atoms with Crippen molar-refractivity contribution in [3.05, 3.63) is 39.9 Å². The number of aliphatic hydroxyl groups is 8. The molecule has 208 valence electrons. The second kappa shape index (κ2) is 14.3. The molecule has 1 aliphatic heterocycles. The van der Waals surface area contributed by atoms with Gasteiger partial charge in [-0.3, -0.25) is 14.9 Å². The minimum Gasteiger partial charge on any atom is -0.394 e. The Kier molecular flexibility index (Phi) is 11.9. The average molecular weight is 533 g/mol. The summed E-state index contributed by atoms with van der Waals surface area (Å²) in [4.78, 5) is 22.1. The maximum atomic E-state index is 12.1. The zero-order chi connectivity index (χ0) is 27.7. The molecule has 0 aromatic heterocycles. The van der Waals surface area contributed by atoms with Crippen LogP contribution < -0.4 is 5.43 Å². The van der Waals surface area contributed by atoms with E-state index in [2.05, 4.69) is 10.5 Å². The highest BCUT2D eigenvalue weighted by Crippen LogP contribution is 2.22. The Hall–Kier alpha value is -2.64. The number of carbonyl (C=O) groups is 1. The van der Waals surface area contributed by atoms with E-state index in [1.165, 1.54) is 12.1 Å². The third-order valence-corrected chi connectivity index (χ3v) is 5.79. The first kappa shape index (κ1) is 30.6. The van der Waals surface area contributed by atoms with Gasteiger partial charge in [-0.2, -0.15) is 5.10 Å². The molecule has 9 atom stereocenters. The standard InChI is InChI=1S/C21H31N3O13/c25-6-14(28)12(8-36-9-16-19(31)20(32)18(30)15(7-26)37-16)17(29)13(27)5-22-23-21(33)10-1-3-11(4-2-10)24(34)35/h1-5,12-20,25-32H,6-9H2,(H,23,33).